The van der Waals surface area contributed by atoms with Crippen LogP contribution in [0.15, 0.2) is 58.5 Å². The van der Waals surface area contributed by atoms with Gasteiger partial charge in [0.2, 0.25) is 5.91 Å². The van der Waals surface area contributed by atoms with Gasteiger partial charge in [-0.25, -0.2) is 4.98 Å². The van der Waals surface area contributed by atoms with Gasteiger partial charge in [-0.3, -0.25) is 14.2 Å². The van der Waals surface area contributed by atoms with Gasteiger partial charge in [0.25, 0.3) is 5.56 Å². The van der Waals surface area contributed by atoms with Crippen LogP contribution in [0.5, 0.6) is 0 Å². The van der Waals surface area contributed by atoms with Gasteiger partial charge in [0, 0.05) is 6.04 Å². The molecule has 1 amide bonds. The number of nitrogens with zero attached hydrogens (tertiary/aromatic N) is 2. The standard InChI is InChI=1S/C21H21N3O2S/c1-13-7-11-16(12-8-13)24-20(26)17-5-3-4-6-18(17)23-21(24)27-14(2)19(25)22-15-9-10-15/h3-8,11-12,14-15H,9-10H2,1-2H3,(H,22,25)/t14-/m1/s1. The first-order valence-corrected chi connectivity index (χ1v) is 9.97. The Labute approximate surface area is 161 Å². The Morgan fingerprint density at radius 3 is 2.59 bits per heavy atom. The smallest absolute Gasteiger partial charge is 0.266 e. The number of amides is 1. The molecule has 2 aromatic carbocycles. The first-order valence-electron chi connectivity index (χ1n) is 9.09. The molecule has 0 saturated heterocycles. The fourth-order valence-electron chi connectivity index (χ4n) is 2.87. The Hall–Kier alpha value is -2.60. The van der Waals surface area contributed by atoms with Crippen molar-refractivity contribution in [1.82, 2.24) is 14.9 Å². The topological polar surface area (TPSA) is 64.0 Å². The molecule has 0 radical (unpaired) electrons. The largest absolute Gasteiger partial charge is 0.352 e. The van der Waals surface area contributed by atoms with Gasteiger partial charge in [-0.05, 0) is 51.0 Å². The SMILES string of the molecule is Cc1ccc(-n2c(S[C@H](C)C(=O)NC3CC3)nc3ccccc3c2=O)cc1. The molecule has 5 nitrogen and oxygen atoms in total. The fraction of sp³-hybridized carbons (Fsp3) is 0.286. The van der Waals surface area contributed by atoms with E-state index in [0.717, 1.165) is 24.1 Å². The van der Waals surface area contributed by atoms with E-state index < -0.39 is 0 Å². The van der Waals surface area contributed by atoms with E-state index in [1.807, 2.05) is 56.3 Å². The highest BCUT2D eigenvalue weighted by molar-refractivity contribution is 8.00. The first kappa shape index (κ1) is 17.8. The lowest BCUT2D eigenvalue weighted by molar-refractivity contribution is -0.120. The summed E-state index contributed by atoms with van der Waals surface area (Å²) in [4.78, 5) is 30.3. The number of aryl methyl sites for hydroxylation is 1. The maximum absolute atomic E-state index is 13.2. The van der Waals surface area contributed by atoms with Gasteiger partial charge in [-0.1, -0.05) is 41.6 Å². The van der Waals surface area contributed by atoms with Gasteiger partial charge in [0.05, 0.1) is 21.8 Å². The van der Waals surface area contributed by atoms with Crippen LogP contribution in [0.1, 0.15) is 25.3 Å². The van der Waals surface area contributed by atoms with E-state index in [1.165, 1.54) is 11.8 Å². The highest BCUT2D eigenvalue weighted by Gasteiger charge is 2.27. The molecule has 1 saturated carbocycles. The Balaban J connectivity index is 1.79. The highest BCUT2D eigenvalue weighted by atomic mass is 32.2. The molecule has 1 fully saturated rings. The number of benzene rings is 2. The number of carbonyl (C=O) groups excluding carboxylic acids is 1. The lowest BCUT2D eigenvalue weighted by Crippen LogP contribution is -2.33. The van der Waals surface area contributed by atoms with E-state index in [0.29, 0.717) is 22.1 Å². The first-order chi connectivity index (χ1) is 13.0. The summed E-state index contributed by atoms with van der Waals surface area (Å²) in [6, 6.07) is 15.4. The zero-order valence-corrected chi connectivity index (χ0v) is 16.1. The summed E-state index contributed by atoms with van der Waals surface area (Å²) < 4.78 is 1.60. The molecule has 0 unspecified atom stereocenters. The maximum atomic E-state index is 13.2. The van der Waals surface area contributed by atoms with Crippen LogP contribution in [-0.4, -0.2) is 26.8 Å². The fourth-order valence-corrected chi connectivity index (χ4v) is 3.81. The molecule has 0 bridgehead atoms. The minimum absolute atomic E-state index is 0.0136. The lowest BCUT2D eigenvalue weighted by Gasteiger charge is -2.16. The predicted octanol–water partition coefficient (Wildman–Crippen LogP) is 3.45. The third-order valence-corrected chi connectivity index (χ3v) is 5.66. The van der Waals surface area contributed by atoms with Crippen molar-refractivity contribution in [1.29, 1.82) is 0 Å². The maximum Gasteiger partial charge on any atom is 0.266 e. The summed E-state index contributed by atoms with van der Waals surface area (Å²) in [6.07, 6.45) is 2.09. The van der Waals surface area contributed by atoms with E-state index in [2.05, 4.69) is 5.32 Å². The molecular weight excluding hydrogens is 358 g/mol. The molecule has 4 rings (SSSR count). The summed E-state index contributed by atoms with van der Waals surface area (Å²) in [5, 5.41) is 3.78. The molecule has 27 heavy (non-hydrogen) atoms. The summed E-state index contributed by atoms with van der Waals surface area (Å²) in [7, 11) is 0. The van der Waals surface area contributed by atoms with Crippen molar-refractivity contribution in [2.45, 2.75) is 43.1 Å². The van der Waals surface area contributed by atoms with Gasteiger partial charge in [-0.2, -0.15) is 0 Å². The highest BCUT2D eigenvalue weighted by Crippen LogP contribution is 2.26. The van der Waals surface area contributed by atoms with Crippen molar-refractivity contribution in [2.75, 3.05) is 0 Å². The van der Waals surface area contributed by atoms with Crippen LogP contribution in [0.2, 0.25) is 0 Å². The van der Waals surface area contributed by atoms with Crippen molar-refractivity contribution in [3.63, 3.8) is 0 Å². The number of thioether (sulfide) groups is 1. The van der Waals surface area contributed by atoms with Gasteiger partial charge in [0.15, 0.2) is 5.16 Å². The van der Waals surface area contributed by atoms with Crippen molar-refractivity contribution in [3.8, 4) is 5.69 Å². The minimum atomic E-state index is -0.338. The molecule has 3 aromatic rings. The van der Waals surface area contributed by atoms with Crippen LogP contribution in [0, 0.1) is 6.92 Å². The van der Waals surface area contributed by atoms with E-state index in [-0.39, 0.29) is 16.7 Å². The summed E-state index contributed by atoms with van der Waals surface area (Å²) in [5.41, 5.74) is 2.39. The summed E-state index contributed by atoms with van der Waals surface area (Å²) in [5.74, 6) is -0.0136. The normalized spacial score (nSPS) is 14.9. The van der Waals surface area contributed by atoms with Crippen LogP contribution >= 0.6 is 11.8 Å². The number of nitrogens with one attached hydrogen (secondary N) is 1. The van der Waals surface area contributed by atoms with Crippen molar-refractivity contribution >= 4 is 28.6 Å². The number of fused-ring (bicyclic) bond motifs is 1. The van der Waals surface area contributed by atoms with Crippen LogP contribution in [-0.2, 0) is 4.79 Å². The Morgan fingerprint density at radius 1 is 1.19 bits per heavy atom. The van der Waals surface area contributed by atoms with Crippen LogP contribution in [0.25, 0.3) is 16.6 Å². The average molecular weight is 379 g/mol. The second-order valence-corrected chi connectivity index (χ2v) is 8.24. The zero-order valence-electron chi connectivity index (χ0n) is 15.3. The average Bonchev–Trinajstić information content (AvgIpc) is 3.47. The Kier molecular flexibility index (Phi) is 4.74. The third-order valence-electron chi connectivity index (χ3n) is 4.61. The number of carbonyl (C=O) groups is 1. The summed E-state index contributed by atoms with van der Waals surface area (Å²) >= 11 is 1.32. The molecule has 1 atom stereocenters. The quantitative estimate of drug-likeness (QED) is 0.545. The molecule has 0 spiro atoms. The van der Waals surface area contributed by atoms with E-state index >= 15 is 0 Å². The number of para-hydroxylation sites is 1. The van der Waals surface area contributed by atoms with Crippen LogP contribution < -0.4 is 10.9 Å². The van der Waals surface area contributed by atoms with E-state index in [4.69, 9.17) is 4.98 Å². The molecule has 1 aliphatic carbocycles. The third kappa shape index (κ3) is 3.76. The second-order valence-electron chi connectivity index (χ2n) is 6.93. The lowest BCUT2D eigenvalue weighted by atomic mass is 10.2. The van der Waals surface area contributed by atoms with Gasteiger partial charge < -0.3 is 5.32 Å². The van der Waals surface area contributed by atoms with Crippen molar-refractivity contribution < 1.29 is 4.79 Å². The van der Waals surface area contributed by atoms with Gasteiger partial charge in [0.1, 0.15) is 0 Å². The summed E-state index contributed by atoms with van der Waals surface area (Å²) in [6.45, 7) is 3.86. The molecule has 1 aliphatic rings. The van der Waals surface area contributed by atoms with E-state index in [9.17, 15) is 9.59 Å². The monoisotopic (exact) mass is 379 g/mol. The predicted molar refractivity (Wildman–Crippen MR) is 109 cm³/mol. The molecule has 0 aliphatic heterocycles. The van der Waals surface area contributed by atoms with E-state index in [1.54, 1.807) is 10.6 Å². The van der Waals surface area contributed by atoms with Crippen molar-refractivity contribution in [3.05, 3.63) is 64.4 Å². The number of rotatable bonds is 5. The Bertz CT molecular complexity index is 1060. The number of hydrogen-bond acceptors (Lipinski definition) is 4. The molecule has 1 heterocycles. The molecule has 6 heteroatoms. The Morgan fingerprint density at radius 2 is 1.89 bits per heavy atom. The minimum Gasteiger partial charge on any atom is -0.352 e. The zero-order chi connectivity index (χ0) is 19.0. The molecule has 1 aromatic heterocycles. The van der Waals surface area contributed by atoms with Crippen molar-refractivity contribution in [2.24, 2.45) is 0 Å². The van der Waals surface area contributed by atoms with Crippen LogP contribution in [0.3, 0.4) is 0 Å². The number of aromatic nitrogens is 2. The van der Waals surface area contributed by atoms with Gasteiger partial charge in [-0.15, -0.1) is 0 Å². The second kappa shape index (κ2) is 7.19. The molecule has 1 N–H and O–H groups in total. The molecular formula is C21H21N3O2S. The van der Waals surface area contributed by atoms with Gasteiger partial charge >= 0.3 is 0 Å². The molecule has 138 valence electrons. The number of hydrogen-bond donors (Lipinski definition) is 1. The van der Waals surface area contributed by atoms with Crippen LogP contribution in [0.4, 0.5) is 0 Å².